The fraction of sp³-hybridized carbons (Fsp3) is 0.182. The Labute approximate surface area is 110 Å². The third-order valence-corrected chi connectivity index (χ3v) is 3.96. The molecule has 0 aliphatic rings. The first-order valence-electron chi connectivity index (χ1n) is 5.37. The first kappa shape index (κ1) is 13.3. The lowest BCUT2D eigenvalue weighted by Gasteiger charge is -2.10. The molecule has 0 bridgehead atoms. The number of anilines is 2. The van der Waals surface area contributed by atoms with Crippen molar-refractivity contribution in [1.29, 1.82) is 0 Å². The third kappa shape index (κ3) is 2.53. The van der Waals surface area contributed by atoms with Crippen molar-refractivity contribution in [2.75, 3.05) is 10.5 Å². The van der Waals surface area contributed by atoms with Crippen LogP contribution in [0.2, 0.25) is 0 Å². The standard InChI is InChI=1S/C11H13FN4O2S/c1-7-5-8(6-9(13)11(7)12)19(17,18)15-10-3-4-14-16(10)2/h3-6,15H,13H2,1-2H3. The molecular formula is C11H13FN4O2S. The van der Waals surface area contributed by atoms with E-state index in [1.807, 2.05) is 0 Å². The number of halogens is 1. The van der Waals surface area contributed by atoms with Crippen LogP contribution in [-0.2, 0) is 17.1 Å². The van der Waals surface area contributed by atoms with Gasteiger partial charge in [0.15, 0.2) is 0 Å². The molecule has 0 amide bonds. The van der Waals surface area contributed by atoms with Crippen molar-refractivity contribution in [3.63, 3.8) is 0 Å². The van der Waals surface area contributed by atoms with Gasteiger partial charge in [0.25, 0.3) is 10.0 Å². The van der Waals surface area contributed by atoms with E-state index in [2.05, 4.69) is 9.82 Å². The summed E-state index contributed by atoms with van der Waals surface area (Å²) in [7, 11) is -2.23. The van der Waals surface area contributed by atoms with Gasteiger partial charge in [-0.3, -0.25) is 9.40 Å². The van der Waals surface area contributed by atoms with Crippen molar-refractivity contribution in [3.8, 4) is 0 Å². The minimum Gasteiger partial charge on any atom is -0.396 e. The van der Waals surface area contributed by atoms with Gasteiger partial charge in [-0.2, -0.15) is 5.10 Å². The zero-order valence-corrected chi connectivity index (χ0v) is 11.2. The quantitative estimate of drug-likeness (QED) is 0.830. The lowest BCUT2D eigenvalue weighted by atomic mass is 10.2. The van der Waals surface area contributed by atoms with Crippen LogP contribution in [-0.4, -0.2) is 18.2 Å². The molecule has 102 valence electrons. The van der Waals surface area contributed by atoms with Crippen molar-refractivity contribution in [1.82, 2.24) is 9.78 Å². The molecule has 8 heteroatoms. The van der Waals surface area contributed by atoms with E-state index in [0.717, 1.165) is 6.07 Å². The Kier molecular flexibility index (Phi) is 3.19. The van der Waals surface area contributed by atoms with Gasteiger partial charge in [0.05, 0.1) is 16.8 Å². The second kappa shape index (κ2) is 4.54. The van der Waals surface area contributed by atoms with Crippen molar-refractivity contribution in [2.24, 2.45) is 7.05 Å². The predicted molar refractivity (Wildman–Crippen MR) is 69.6 cm³/mol. The maximum atomic E-state index is 13.4. The molecule has 0 saturated heterocycles. The molecule has 19 heavy (non-hydrogen) atoms. The largest absolute Gasteiger partial charge is 0.396 e. The Hall–Kier alpha value is -2.09. The van der Waals surface area contributed by atoms with E-state index in [0.29, 0.717) is 5.82 Å². The van der Waals surface area contributed by atoms with E-state index in [-0.39, 0.29) is 16.1 Å². The molecule has 0 unspecified atom stereocenters. The van der Waals surface area contributed by atoms with Crippen molar-refractivity contribution >= 4 is 21.5 Å². The number of nitrogens with zero attached hydrogens (tertiary/aromatic N) is 2. The Bertz CT molecular complexity index is 701. The number of aryl methyl sites for hydroxylation is 2. The summed E-state index contributed by atoms with van der Waals surface area (Å²) in [5.74, 6) is -0.306. The number of hydrogen-bond acceptors (Lipinski definition) is 4. The average Bonchev–Trinajstić information content (AvgIpc) is 2.70. The minimum atomic E-state index is -3.82. The van der Waals surface area contributed by atoms with Crippen LogP contribution < -0.4 is 10.5 Å². The molecule has 6 nitrogen and oxygen atoms in total. The Morgan fingerprint density at radius 1 is 1.42 bits per heavy atom. The molecule has 0 fully saturated rings. The fourth-order valence-electron chi connectivity index (χ4n) is 1.59. The van der Waals surface area contributed by atoms with Crippen LogP contribution in [0, 0.1) is 12.7 Å². The van der Waals surface area contributed by atoms with Crippen LogP contribution in [0.1, 0.15) is 5.56 Å². The summed E-state index contributed by atoms with van der Waals surface area (Å²) in [6, 6.07) is 3.82. The number of aromatic nitrogens is 2. The maximum absolute atomic E-state index is 13.4. The van der Waals surface area contributed by atoms with Crippen molar-refractivity contribution < 1.29 is 12.8 Å². The number of hydrogen-bond donors (Lipinski definition) is 2. The summed E-state index contributed by atoms with van der Waals surface area (Å²) in [4.78, 5) is -0.0925. The summed E-state index contributed by atoms with van der Waals surface area (Å²) < 4.78 is 41.4. The van der Waals surface area contributed by atoms with Gasteiger partial charge in [-0.15, -0.1) is 0 Å². The number of sulfonamides is 1. The second-order valence-corrected chi connectivity index (χ2v) is 5.77. The molecular weight excluding hydrogens is 271 g/mol. The van der Waals surface area contributed by atoms with E-state index in [9.17, 15) is 12.8 Å². The number of rotatable bonds is 3. The molecule has 2 aromatic rings. The average molecular weight is 284 g/mol. The third-order valence-electron chi connectivity index (χ3n) is 2.63. The molecule has 1 heterocycles. The Balaban J connectivity index is 2.43. The van der Waals surface area contributed by atoms with E-state index in [1.165, 1.54) is 29.9 Å². The zero-order chi connectivity index (χ0) is 14.2. The highest BCUT2D eigenvalue weighted by Gasteiger charge is 2.18. The van der Waals surface area contributed by atoms with Gasteiger partial charge in [-0.25, -0.2) is 12.8 Å². The van der Waals surface area contributed by atoms with Gasteiger partial charge < -0.3 is 5.73 Å². The van der Waals surface area contributed by atoms with Gasteiger partial charge >= 0.3 is 0 Å². The lowest BCUT2D eigenvalue weighted by Crippen LogP contribution is -2.16. The highest BCUT2D eigenvalue weighted by atomic mass is 32.2. The fourth-order valence-corrected chi connectivity index (χ4v) is 2.80. The summed E-state index contributed by atoms with van der Waals surface area (Å²) in [6.07, 6.45) is 1.46. The summed E-state index contributed by atoms with van der Waals surface area (Å²) in [6.45, 7) is 1.45. The zero-order valence-electron chi connectivity index (χ0n) is 10.4. The topological polar surface area (TPSA) is 90.0 Å². The molecule has 0 radical (unpaired) electrons. The molecule has 0 saturated carbocycles. The van der Waals surface area contributed by atoms with Crippen LogP contribution in [0.5, 0.6) is 0 Å². The Morgan fingerprint density at radius 3 is 2.63 bits per heavy atom. The lowest BCUT2D eigenvalue weighted by molar-refractivity contribution is 0.598. The van der Waals surface area contributed by atoms with Gasteiger partial charge in [-0.1, -0.05) is 0 Å². The maximum Gasteiger partial charge on any atom is 0.263 e. The van der Waals surface area contributed by atoms with Gasteiger partial charge in [0.2, 0.25) is 0 Å². The Morgan fingerprint density at radius 2 is 2.11 bits per heavy atom. The molecule has 1 aromatic heterocycles. The molecule has 0 atom stereocenters. The SMILES string of the molecule is Cc1cc(S(=O)(=O)Nc2ccnn2C)cc(N)c1F. The van der Waals surface area contributed by atoms with E-state index in [1.54, 1.807) is 7.05 Å². The van der Waals surface area contributed by atoms with Crippen LogP contribution in [0.25, 0.3) is 0 Å². The first-order chi connectivity index (χ1) is 8.81. The molecule has 0 spiro atoms. The molecule has 0 aliphatic heterocycles. The minimum absolute atomic E-state index is 0.0925. The van der Waals surface area contributed by atoms with Gasteiger partial charge in [-0.05, 0) is 24.6 Å². The highest BCUT2D eigenvalue weighted by molar-refractivity contribution is 7.92. The number of nitrogens with one attached hydrogen (secondary N) is 1. The molecule has 1 aromatic carbocycles. The highest BCUT2D eigenvalue weighted by Crippen LogP contribution is 2.22. The van der Waals surface area contributed by atoms with Gasteiger partial charge in [0.1, 0.15) is 11.6 Å². The summed E-state index contributed by atoms with van der Waals surface area (Å²) in [5.41, 5.74) is 5.40. The molecule has 0 aliphatic carbocycles. The first-order valence-corrected chi connectivity index (χ1v) is 6.86. The molecule has 2 rings (SSSR count). The summed E-state index contributed by atoms with van der Waals surface area (Å²) in [5, 5.41) is 3.85. The normalized spacial score (nSPS) is 11.5. The smallest absolute Gasteiger partial charge is 0.263 e. The molecule has 3 N–H and O–H groups in total. The van der Waals surface area contributed by atoms with Crippen LogP contribution >= 0.6 is 0 Å². The van der Waals surface area contributed by atoms with Crippen molar-refractivity contribution in [2.45, 2.75) is 11.8 Å². The number of nitrogens with two attached hydrogens (primary N) is 1. The van der Waals surface area contributed by atoms with E-state index >= 15 is 0 Å². The van der Waals surface area contributed by atoms with Crippen LogP contribution in [0.4, 0.5) is 15.9 Å². The van der Waals surface area contributed by atoms with Gasteiger partial charge in [0, 0.05) is 13.1 Å². The van der Waals surface area contributed by atoms with E-state index < -0.39 is 15.8 Å². The number of benzene rings is 1. The number of nitrogen functional groups attached to an aromatic ring is 1. The monoisotopic (exact) mass is 284 g/mol. The summed E-state index contributed by atoms with van der Waals surface area (Å²) >= 11 is 0. The predicted octanol–water partition coefficient (Wildman–Crippen LogP) is 1.25. The van der Waals surface area contributed by atoms with Crippen LogP contribution in [0.3, 0.4) is 0 Å². The van der Waals surface area contributed by atoms with E-state index in [4.69, 9.17) is 5.73 Å². The van der Waals surface area contributed by atoms with Crippen LogP contribution in [0.15, 0.2) is 29.3 Å². The second-order valence-electron chi connectivity index (χ2n) is 4.09. The van der Waals surface area contributed by atoms with Crippen molar-refractivity contribution in [3.05, 3.63) is 35.8 Å².